The highest BCUT2D eigenvalue weighted by Gasteiger charge is 2.33. The summed E-state index contributed by atoms with van der Waals surface area (Å²) in [5, 5.41) is 0.252. The fourth-order valence-electron chi connectivity index (χ4n) is 1.89. The van der Waals surface area contributed by atoms with Crippen LogP contribution in [0.25, 0.3) is 0 Å². The van der Waals surface area contributed by atoms with Gasteiger partial charge in [0.05, 0.1) is 12.3 Å². The third-order valence-electron chi connectivity index (χ3n) is 2.93. The van der Waals surface area contributed by atoms with Gasteiger partial charge < -0.3 is 10.5 Å². The molecule has 0 aliphatic heterocycles. The Morgan fingerprint density at radius 1 is 1.43 bits per heavy atom. The topological polar surface area (TPSA) is 89.7 Å². The molecule has 2 N–H and O–H groups in total. The van der Waals surface area contributed by atoms with Gasteiger partial charge in [-0.25, -0.2) is 8.42 Å². The zero-order valence-electron chi connectivity index (χ0n) is 12.2. The molecule has 0 heterocycles. The molecule has 6 nitrogen and oxygen atoms in total. The second-order valence-corrected chi connectivity index (χ2v) is 6.61. The van der Waals surface area contributed by atoms with Crippen molar-refractivity contribution in [2.75, 3.05) is 18.9 Å². The molecule has 1 aromatic carbocycles. The highest BCUT2D eigenvalue weighted by Crippen LogP contribution is 2.27. The van der Waals surface area contributed by atoms with Gasteiger partial charge in [-0.1, -0.05) is 18.5 Å². The average molecular weight is 335 g/mol. The van der Waals surface area contributed by atoms with Gasteiger partial charge in [0, 0.05) is 11.6 Å². The van der Waals surface area contributed by atoms with E-state index in [1.165, 1.54) is 25.1 Å². The lowest BCUT2D eigenvalue weighted by Crippen LogP contribution is -2.44. The lowest BCUT2D eigenvalue weighted by Gasteiger charge is -2.26. The van der Waals surface area contributed by atoms with Crippen molar-refractivity contribution < 1.29 is 17.9 Å². The first-order valence-corrected chi connectivity index (χ1v) is 8.31. The number of hydrogen-bond donors (Lipinski definition) is 1. The highest BCUT2D eigenvalue weighted by atomic mass is 35.5. The standard InChI is InChI=1S/C13H19ClN2O4S/c1-4-16(9(3)13(17)20-5-2)21(18,19)12-8-10(14)6-7-11(12)15/h6-9H,4-5,15H2,1-3H3. The maximum atomic E-state index is 12.7. The van der Waals surface area contributed by atoms with E-state index in [9.17, 15) is 13.2 Å². The molecule has 0 aromatic heterocycles. The molecule has 118 valence electrons. The molecule has 0 amide bonds. The van der Waals surface area contributed by atoms with Crippen molar-refractivity contribution in [3.8, 4) is 0 Å². The van der Waals surface area contributed by atoms with Crippen LogP contribution in [0, 0.1) is 0 Å². The van der Waals surface area contributed by atoms with Crippen LogP contribution in [0.1, 0.15) is 20.8 Å². The summed E-state index contributed by atoms with van der Waals surface area (Å²) in [5.41, 5.74) is 5.80. The van der Waals surface area contributed by atoms with Crippen molar-refractivity contribution in [1.29, 1.82) is 0 Å². The van der Waals surface area contributed by atoms with Gasteiger partial charge >= 0.3 is 5.97 Å². The van der Waals surface area contributed by atoms with E-state index in [0.717, 1.165) is 4.31 Å². The Bertz CT molecular complexity index is 619. The number of halogens is 1. The normalized spacial score (nSPS) is 13.2. The van der Waals surface area contributed by atoms with Crippen molar-refractivity contribution in [2.45, 2.75) is 31.7 Å². The van der Waals surface area contributed by atoms with Crippen LogP contribution in [0.15, 0.2) is 23.1 Å². The Kier molecular flexibility index (Phi) is 6.00. The third kappa shape index (κ3) is 3.87. The molecule has 1 aromatic rings. The molecular formula is C13H19ClN2O4S. The van der Waals surface area contributed by atoms with E-state index < -0.39 is 22.0 Å². The Hall–Kier alpha value is -1.31. The molecule has 0 fully saturated rings. The molecule has 0 radical (unpaired) electrons. The molecule has 1 atom stereocenters. The van der Waals surface area contributed by atoms with Crippen molar-refractivity contribution in [1.82, 2.24) is 4.31 Å². The number of esters is 1. The molecule has 1 rings (SSSR count). The second kappa shape index (κ2) is 7.11. The van der Waals surface area contributed by atoms with Crippen LogP contribution in [0.5, 0.6) is 0 Å². The van der Waals surface area contributed by atoms with Gasteiger partial charge in [0.1, 0.15) is 10.9 Å². The van der Waals surface area contributed by atoms with Crippen molar-refractivity contribution >= 4 is 33.3 Å². The Morgan fingerprint density at radius 2 is 2.05 bits per heavy atom. The molecule has 0 spiro atoms. The number of carbonyl (C=O) groups is 1. The minimum absolute atomic E-state index is 0.0777. The number of sulfonamides is 1. The Balaban J connectivity index is 3.25. The van der Waals surface area contributed by atoms with Gasteiger partial charge in [-0.2, -0.15) is 4.31 Å². The highest BCUT2D eigenvalue weighted by molar-refractivity contribution is 7.89. The second-order valence-electron chi connectivity index (χ2n) is 4.32. The molecule has 0 bridgehead atoms. The molecule has 1 unspecified atom stereocenters. The monoisotopic (exact) mass is 334 g/mol. The van der Waals surface area contributed by atoms with Gasteiger partial charge in [-0.05, 0) is 32.0 Å². The number of hydrogen-bond acceptors (Lipinski definition) is 5. The summed E-state index contributed by atoms with van der Waals surface area (Å²) < 4.78 is 31.2. The van der Waals surface area contributed by atoms with Gasteiger partial charge in [-0.3, -0.25) is 4.79 Å². The van der Waals surface area contributed by atoms with Crippen LogP contribution in [0.2, 0.25) is 5.02 Å². The SMILES string of the molecule is CCOC(=O)C(C)N(CC)S(=O)(=O)c1cc(Cl)ccc1N. The van der Waals surface area contributed by atoms with Crippen LogP contribution in [-0.4, -0.2) is 37.9 Å². The zero-order chi connectivity index (χ0) is 16.2. The van der Waals surface area contributed by atoms with E-state index in [1.54, 1.807) is 13.8 Å². The van der Waals surface area contributed by atoms with E-state index in [-0.39, 0.29) is 28.8 Å². The van der Waals surface area contributed by atoms with Crippen LogP contribution in [-0.2, 0) is 19.6 Å². The number of nitrogen functional groups attached to an aromatic ring is 1. The summed E-state index contributed by atoms with van der Waals surface area (Å²) in [6.07, 6.45) is 0. The lowest BCUT2D eigenvalue weighted by atomic mass is 10.3. The van der Waals surface area contributed by atoms with Crippen molar-refractivity contribution in [3.05, 3.63) is 23.2 Å². The van der Waals surface area contributed by atoms with Crippen LogP contribution in [0.4, 0.5) is 5.69 Å². The van der Waals surface area contributed by atoms with Gasteiger partial charge in [0.25, 0.3) is 0 Å². The number of ether oxygens (including phenoxy) is 1. The number of rotatable bonds is 6. The van der Waals surface area contributed by atoms with Gasteiger partial charge in [0.15, 0.2) is 0 Å². The summed E-state index contributed by atoms with van der Waals surface area (Å²) in [6, 6.07) is 3.24. The smallest absolute Gasteiger partial charge is 0.324 e. The zero-order valence-corrected chi connectivity index (χ0v) is 13.7. The first-order valence-electron chi connectivity index (χ1n) is 6.49. The number of nitrogens with two attached hydrogens (primary N) is 1. The van der Waals surface area contributed by atoms with Gasteiger partial charge in [0.2, 0.25) is 10.0 Å². The summed E-state index contributed by atoms with van der Waals surface area (Å²) >= 11 is 5.83. The van der Waals surface area contributed by atoms with Crippen molar-refractivity contribution in [3.63, 3.8) is 0 Å². The van der Waals surface area contributed by atoms with E-state index >= 15 is 0 Å². The first-order chi connectivity index (χ1) is 9.75. The molecule has 0 saturated heterocycles. The number of benzene rings is 1. The number of nitrogens with zero attached hydrogens (tertiary/aromatic N) is 1. The molecule has 21 heavy (non-hydrogen) atoms. The lowest BCUT2D eigenvalue weighted by molar-refractivity contribution is -0.147. The molecular weight excluding hydrogens is 316 g/mol. The summed E-state index contributed by atoms with van der Waals surface area (Å²) in [7, 11) is -3.94. The average Bonchev–Trinajstić information content (AvgIpc) is 2.42. The van der Waals surface area contributed by atoms with Crippen LogP contribution >= 0.6 is 11.6 Å². The number of anilines is 1. The molecule has 0 aliphatic rings. The molecule has 8 heteroatoms. The van der Waals surface area contributed by atoms with E-state index in [2.05, 4.69) is 0 Å². The van der Waals surface area contributed by atoms with Crippen molar-refractivity contribution in [2.24, 2.45) is 0 Å². The summed E-state index contributed by atoms with van der Waals surface area (Å²) in [4.78, 5) is 11.7. The molecule has 0 saturated carbocycles. The predicted octanol–water partition coefficient (Wildman–Crippen LogP) is 1.88. The quantitative estimate of drug-likeness (QED) is 0.633. The van der Waals surface area contributed by atoms with Crippen LogP contribution in [0.3, 0.4) is 0 Å². The summed E-state index contributed by atoms with van der Waals surface area (Å²) in [5.74, 6) is -0.608. The van der Waals surface area contributed by atoms with E-state index in [4.69, 9.17) is 22.1 Å². The first kappa shape index (κ1) is 17.7. The minimum Gasteiger partial charge on any atom is -0.465 e. The fourth-order valence-corrected chi connectivity index (χ4v) is 3.86. The van der Waals surface area contributed by atoms with Crippen LogP contribution < -0.4 is 5.73 Å². The fraction of sp³-hybridized carbons (Fsp3) is 0.462. The maximum absolute atomic E-state index is 12.7. The van der Waals surface area contributed by atoms with E-state index in [1.807, 2.05) is 0 Å². The number of carbonyl (C=O) groups excluding carboxylic acids is 1. The number of likely N-dealkylation sites (N-methyl/N-ethyl adjacent to an activating group) is 1. The maximum Gasteiger partial charge on any atom is 0.324 e. The molecule has 0 aliphatic carbocycles. The Morgan fingerprint density at radius 3 is 2.57 bits per heavy atom. The summed E-state index contributed by atoms with van der Waals surface area (Å²) in [6.45, 7) is 5.05. The third-order valence-corrected chi connectivity index (χ3v) is 5.27. The van der Waals surface area contributed by atoms with Gasteiger partial charge in [-0.15, -0.1) is 0 Å². The minimum atomic E-state index is -3.94. The van der Waals surface area contributed by atoms with E-state index in [0.29, 0.717) is 0 Å². The predicted molar refractivity (Wildman–Crippen MR) is 81.5 cm³/mol. The Labute approximate surface area is 129 Å². The largest absolute Gasteiger partial charge is 0.465 e.